The second kappa shape index (κ2) is 7.95. The number of carbonyl (C=O) groups excluding carboxylic acids is 2. The molecule has 0 saturated heterocycles. The van der Waals surface area contributed by atoms with Crippen LogP contribution in [0, 0.1) is 0 Å². The maximum absolute atomic E-state index is 12.4. The predicted molar refractivity (Wildman–Crippen MR) is 108 cm³/mol. The molecule has 2 N–H and O–H groups in total. The third-order valence-corrected chi connectivity index (χ3v) is 5.11. The molecule has 0 aliphatic heterocycles. The van der Waals surface area contributed by atoms with Crippen molar-refractivity contribution < 1.29 is 22.7 Å². The summed E-state index contributed by atoms with van der Waals surface area (Å²) in [7, 11) is -3.38. The lowest BCUT2D eigenvalue weighted by atomic mass is 10.2. The fraction of sp³-hybridized carbons (Fsp3) is 0.167. The molecule has 8 nitrogen and oxygen atoms in total. The summed E-state index contributed by atoms with van der Waals surface area (Å²) in [5.74, 6) is -0.790. The average Bonchev–Trinajstić information content (AvgIpc) is 3.02. The molecular weight excluding hydrogens is 402 g/mol. The van der Waals surface area contributed by atoms with Crippen molar-refractivity contribution >= 4 is 54.3 Å². The number of amides is 1. The Kier molecular flexibility index (Phi) is 5.61. The summed E-state index contributed by atoms with van der Waals surface area (Å²) in [5, 5.41) is 3.09. The van der Waals surface area contributed by atoms with E-state index in [1.807, 2.05) is 0 Å². The van der Waals surface area contributed by atoms with Crippen molar-refractivity contribution in [2.24, 2.45) is 0 Å². The van der Waals surface area contributed by atoms with Crippen LogP contribution in [0.2, 0.25) is 0 Å². The van der Waals surface area contributed by atoms with E-state index in [1.165, 1.54) is 35.6 Å². The molecule has 0 unspecified atom stereocenters. The molecule has 3 rings (SSSR count). The van der Waals surface area contributed by atoms with E-state index in [4.69, 9.17) is 4.74 Å². The van der Waals surface area contributed by atoms with Crippen LogP contribution >= 0.6 is 11.3 Å². The minimum absolute atomic E-state index is 0.291. The lowest BCUT2D eigenvalue weighted by Crippen LogP contribution is -2.12. The van der Waals surface area contributed by atoms with E-state index in [1.54, 1.807) is 25.1 Å². The Morgan fingerprint density at radius 1 is 1.11 bits per heavy atom. The molecule has 28 heavy (non-hydrogen) atoms. The molecule has 0 aliphatic rings. The number of esters is 1. The first-order valence-electron chi connectivity index (χ1n) is 8.22. The molecular formula is C18H17N3O5S2. The molecule has 0 spiro atoms. The van der Waals surface area contributed by atoms with Crippen molar-refractivity contribution in [1.82, 2.24) is 4.98 Å². The van der Waals surface area contributed by atoms with Crippen LogP contribution in [0.25, 0.3) is 10.2 Å². The summed E-state index contributed by atoms with van der Waals surface area (Å²) in [5.41, 5.74) is 1.79. The second-order valence-electron chi connectivity index (χ2n) is 5.83. The SMILES string of the molecule is CCOC(=O)c1ccc2nc(NC(=O)c3ccc(NS(C)(=O)=O)cc3)sc2c1. The number of nitrogens with one attached hydrogen (secondary N) is 2. The number of sulfonamides is 1. The minimum atomic E-state index is -3.38. The monoisotopic (exact) mass is 419 g/mol. The third kappa shape index (κ3) is 4.84. The summed E-state index contributed by atoms with van der Waals surface area (Å²) >= 11 is 1.24. The Morgan fingerprint density at radius 2 is 1.79 bits per heavy atom. The standard InChI is InChI=1S/C18H17N3O5S2/c1-3-26-17(23)12-6-9-14-15(10-12)27-18(19-14)20-16(22)11-4-7-13(8-5-11)21-28(2,24)25/h4-10,21H,3H2,1-2H3,(H,19,20,22). The zero-order chi connectivity index (χ0) is 20.3. The Bertz CT molecular complexity index is 1140. The number of aromatic nitrogens is 1. The van der Waals surface area contributed by atoms with Crippen LogP contribution < -0.4 is 10.0 Å². The van der Waals surface area contributed by atoms with Gasteiger partial charge in [-0.25, -0.2) is 18.2 Å². The summed E-state index contributed by atoms with van der Waals surface area (Å²) in [6, 6.07) is 11.0. The lowest BCUT2D eigenvalue weighted by Gasteiger charge is -2.05. The largest absolute Gasteiger partial charge is 0.462 e. The molecule has 0 aliphatic carbocycles. The Hall–Kier alpha value is -2.98. The first-order valence-corrected chi connectivity index (χ1v) is 10.9. The molecule has 10 heteroatoms. The Balaban J connectivity index is 1.74. The van der Waals surface area contributed by atoms with Gasteiger partial charge in [0.05, 0.1) is 28.6 Å². The Labute approximate surface area is 165 Å². The normalized spacial score (nSPS) is 11.2. The molecule has 0 saturated carbocycles. The fourth-order valence-corrected chi connectivity index (χ4v) is 3.86. The third-order valence-electron chi connectivity index (χ3n) is 3.57. The topological polar surface area (TPSA) is 114 Å². The van der Waals surface area contributed by atoms with Crippen LogP contribution in [0.5, 0.6) is 0 Å². The van der Waals surface area contributed by atoms with Crippen LogP contribution in [0.4, 0.5) is 10.8 Å². The van der Waals surface area contributed by atoms with E-state index < -0.39 is 16.0 Å². The van der Waals surface area contributed by atoms with Crippen molar-refractivity contribution in [3.05, 3.63) is 53.6 Å². The highest BCUT2D eigenvalue weighted by molar-refractivity contribution is 7.92. The van der Waals surface area contributed by atoms with Gasteiger partial charge in [0.15, 0.2) is 5.13 Å². The van der Waals surface area contributed by atoms with Gasteiger partial charge >= 0.3 is 5.97 Å². The van der Waals surface area contributed by atoms with E-state index >= 15 is 0 Å². The lowest BCUT2D eigenvalue weighted by molar-refractivity contribution is 0.0526. The van der Waals surface area contributed by atoms with Crippen LogP contribution in [-0.2, 0) is 14.8 Å². The van der Waals surface area contributed by atoms with Crippen LogP contribution in [-0.4, -0.2) is 38.1 Å². The zero-order valence-electron chi connectivity index (χ0n) is 15.1. The van der Waals surface area contributed by atoms with E-state index in [2.05, 4.69) is 15.0 Å². The molecule has 3 aromatic rings. The molecule has 0 radical (unpaired) electrons. The molecule has 0 atom stereocenters. The van der Waals surface area contributed by atoms with Gasteiger partial charge in [0.1, 0.15) is 0 Å². The molecule has 1 amide bonds. The number of fused-ring (bicyclic) bond motifs is 1. The van der Waals surface area contributed by atoms with Gasteiger partial charge in [0.25, 0.3) is 5.91 Å². The maximum atomic E-state index is 12.4. The second-order valence-corrected chi connectivity index (χ2v) is 8.61. The highest BCUT2D eigenvalue weighted by Gasteiger charge is 2.13. The van der Waals surface area contributed by atoms with Crippen molar-refractivity contribution in [2.45, 2.75) is 6.92 Å². The van der Waals surface area contributed by atoms with Gasteiger partial charge in [0, 0.05) is 11.3 Å². The zero-order valence-corrected chi connectivity index (χ0v) is 16.7. The highest BCUT2D eigenvalue weighted by atomic mass is 32.2. The fourth-order valence-electron chi connectivity index (χ4n) is 2.39. The quantitative estimate of drug-likeness (QED) is 0.594. The summed E-state index contributed by atoms with van der Waals surface area (Å²) in [6.45, 7) is 2.03. The summed E-state index contributed by atoms with van der Waals surface area (Å²) in [4.78, 5) is 28.5. The Morgan fingerprint density at radius 3 is 2.43 bits per heavy atom. The molecule has 0 fully saturated rings. The number of thiazole rings is 1. The summed E-state index contributed by atoms with van der Waals surface area (Å²) in [6.07, 6.45) is 1.05. The van der Waals surface area contributed by atoms with E-state index in [9.17, 15) is 18.0 Å². The number of ether oxygens (including phenoxy) is 1. The number of hydrogen-bond donors (Lipinski definition) is 2. The van der Waals surface area contributed by atoms with Crippen molar-refractivity contribution in [3.63, 3.8) is 0 Å². The smallest absolute Gasteiger partial charge is 0.338 e. The first-order chi connectivity index (χ1) is 13.2. The summed E-state index contributed by atoms with van der Waals surface area (Å²) < 4.78 is 30.5. The van der Waals surface area contributed by atoms with Crippen LogP contribution in [0.3, 0.4) is 0 Å². The maximum Gasteiger partial charge on any atom is 0.338 e. The van der Waals surface area contributed by atoms with E-state index in [0.29, 0.717) is 34.1 Å². The molecule has 1 heterocycles. The molecule has 2 aromatic carbocycles. The number of benzene rings is 2. The number of carbonyl (C=O) groups is 2. The van der Waals surface area contributed by atoms with Crippen LogP contribution in [0.1, 0.15) is 27.6 Å². The van der Waals surface area contributed by atoms with Gasteiger partial charge in [-0.2, -0.15) is 0 Å². The average molecular weight is 419 g/mol. The first kappa shape index (κ1) is 19.8. The molecule has 0 bridgehead atoms. The van der Waals surface area contributed by atoms with Crippen molar-refractivity contribution in [2.75, 3.05) is 22.9 Å². The number of anilines is 2. The van der Waals surface area contributed by atoms with Crippen molar-refractivity contribution in [3.8, 4) is 0 Å². The van der Waals surface area contributed by atoms with Gasteiger partial charge in [-0.15, -0.1) is 0 Å². The van der Waals surface area contributed by atoms with E-state index in [-0.39, 0.29) is 5.91 Å². The molecule has 1 aromatic heterocycles. The predicted octanol–water partition coefficient (Wildman–Crippen LogP) is 3.10. The van der Waals surface area contributed by atoms with Gasteiger partial charge in [-0.05, 0) is 49.4 Å². The van der Waals surface area contributed by atoms with Crippen molar-refractivity contribution in [1.29, 1.82) is 0 Å². The minimum Gasteiger partial charge on any atom is -0.462 e. The number of hydrogen-bond acceptors (Lipinski definition) is 7. The highest BCUT2D eigenvalue weighted by Crippen LogP contribution is 2.27. The van der Waals surface area contributed by atoms with Gasteiger partial charge in [0.2, 0.25) is 10.0 Å². The molecule has 146 valence electrons. The van der Waals surface area contributed by atoms with Crippen LogP contribution in [0.15, 0.2) is 42.5 Å². The van der Waals surface area contributed by atoms with E-state index in [0.717, 1.165) is 11.0 Å². The van der Waals surface area contributed by atoms with Gasteiger partial charge in [-0.1, -0.05) is 11.3 Å². The van der Waals surface area contributed by atoms with Gasteiger partial charge < -0.3 is 4.74 Å². The number of rotatable bonds is 6. The van der Waals surface area contributed by atoms with Gasteiger partial charge in [-0.3, -0.25) is 14.8 Å². The number of nitrogens with zero attached hydrogens (tertiary/aromatic N) is 1.